The summed E-state index contributed by atoms with van der Waals surface area (Å²) in [6, 6.07) is 19.7. The zero-order valence-electron chi connectivity index (χ0n) is 18.7. The number of pyridine rings is 1. The minimum Gasteiger partial charge on any atom is -0.396 e. The normalized spacial score (nSPS) is 13.9. The summed E-state index contributed by atoms with van der Waals surface area (Å²) in [5.74, 6) is 0. The van der Waals surface area contributed by atoms with Crippen LogP contribution in [0.5, 0.6) is 0 Å². The van der Waals surface area contributed by atoms with Crippen LogP contribution in [0.25, 0.3) is 27.5 Å². The lowest BCUT2D eigenvalue weighted by atomic mass is 9.96. The zero-order valence-corrected chi connectivity index (χ0v) is 19.5. The van der Waals surface area contributed by atoms with Crippen LogP contribution in [0.15, 0.2) is 106 Å². The van der Waals surface area contributed by atoms with Gasteiger partial charge in [-0.05, 0) is 36.1 Å². The molecule has 3 aromatic carbocycles. The number of nitrogens with zero attached hydrogens (tertiary/aromatic N) is 3. The van der Waals surface area contributed by atoms with E-state index in [-0.39, 0.29) is 16.3 Å². The highest BCUT2D eigenvalue weighted by atomic mass is 32.2. The quantitative estimate of drug-likeness (QED) is 0.183. The molecule has 1 aliphatic rings. The van der Waals surface area contributed by atoms with E-state index in [1.807, 2.05) is 36.4 Å². The van der Waals surface area contributed by atoms with E-state index in [9.17, 15) is 13.0 Å². The van der Waals surface area contributed by atoms with Crippen molar-refractivity contribution in [2.45, 2.75) is 17.7 Å². The Morgan fingerprint density at radius 3 is 2.37 bits per heavy atom. The lowest BCUT2D eigenvalue weighted by molar-refractivity contribution is 0.484. The van der Waals surface area contributed by atoms with Gasteiger partial charge in [-0.3, -0.25) is 9.54 Å². The van der Waals surface area contributed by atoms with Crippen molar-refractivity contribution in [2.75, 3.05) is 5.73 Å². The number of allylic oxidation sites excluding steroid dienone is 4. The van der Waals surface area contributed by atoms with E-state index < -0.39 is 10.1 Å². The second-order valence-electron chi connectivity index (χ2n) is 8.12. The van der Waals surface area contributed by atoms with Crippen molar-refractivity contribution < 1.29 is 13.0 Å². The van der Waals surface area contributed by atoms with Gasteiger partial charge in [0.1, 0.15) is 16.3 Å². The van der Waals surface area contributed by atoms with Crippen LogP contribution in [0, 0.1) is 0 Å². The van der Waals surface area contributed by atoms with Gasteiger partial charge in [-0.1, -0.05) is 72.8 Å². The fraction of sp³-hybridized carbons (Fsp3) is 0.0741. The highest BCUT2D eigenvalue weighted by molar-refractivity contribution is 7.86. The molecule has 35 heavy (non-hydrogen) atoms. The molecule has 0 saturated heterocycles. The summed E-state index contributed by atoms with van der Waals surface area (Å²) in [6.07, 6.45) is 9.97. The van der Waals surface area contributed by atoms with Gasteiger partial charge in [-0.25, -0.2) is 0 Å². The maximum atomic E-state index is 12.0. The zero-order chi connectivity index (χ0) is 24.4. The Balaban J connectivity index is 1.61. The summed E-state index contributed by atoms with van der Waals surface area (Å²) < 4.78 is 33.7. The molecule has 0 radical (unpaired) electrons. The van der Waals surface area contributed by atoms with Gasteiger partial charge >= 0.3 is 0 Å². The van der Waals surface area contributed by atoms with Gasteiger partial charge in [0.15, 0.2) is 0 Å². The van der Waals surface area contributed by atoms with E-state index in [2.05, 4.69) is 33.4 Å². The van der Waals surface area contributed by atoms with Gasteiger partial charge < -0.3 is 5.73 Å². The Bertz CT molecular complexity index is 1630. The molecular weight excluding hydrogens is 460 g/mol. The number of nitrogen functional groups attached to an aromatic ring is 1. The molecule has 7 nitrogen and oxygen atoms in total. The lowest BCUT2D eigenvalue weighted by Crippen LogP contribution is -2.01. The third kappa shape index (κ3) is 4.62. The van der Waals surface area contributed by atoms with Gasteiger partial charge in [-0.15, -0.1) is 10.2 Å². The summed E-state index contributed by atoms with van der Waals surface area (Å²) in [5, 5.41) is 9.32. The molecule has 0 unspecified atom stereocenters. The number of azo groups is 1. The lowest BCUT2D eigenvalue weighted by Gasteiger charge is -2.13. The first-order valence-corrected chi connectivity index (χ1v) is 12.5. The Morgan fingerprint density at radius 1 is 0.914 bits per heavy atom. The molecule has 1 heterocycles. The van der Waals surface area contributed by atoms with Crippen LogP contribution in [-0.4, -0.2) is 18.0 Å². The third-order valence-electron chi connectivity index (χ3n) is 5.80. The van der Waals surface area contributed by atoms with Crippen LogP contribution in [-0.2, 0) is 10.1 Å². The third-order valence-corrected chi connectivity index (χ3v) is 6.70. The maximum absolute atomic E-state index is 12.0. The molecule has 5 rings (SSSR count). The van der Waals surface area contributed by atoms with Crippen LogP contribution in [0.4, 0.5) is 17.1 Å². The van der Waals surface area contributed by atoms with Gasteiger partial charge in [0, 0.05) is 16.3 Å². The molecule has 0 amide bonds. The minimum absolute atomic E-state index is 0.139. The van der Waals surface area contributed by atoms with E-state index in [0.717, 1.165) is 35.2 Å². The van der Waals surface area contributed by atoms with Crippen molar-refractivity contribution >= 4 is 43.5 Å². The van der Waals surface area contributed by atoms with Gasteiger partial charge in [0.05, 0.1) is 17.6 Å². The Kier molecular flexibility index (Phi) is 5.98. The predicted molar refractivity (Wildman–Crippen MR) is 138 cm³/mol. The smallest absolute Gasteiger partial charge is 0.295 e. The average molecular weight is 483 g/mol. The minimum atomic E-state index is -4.49. The molecule has 0 saturated carbocycles. The summed E-state index contributed by atoms with van der Waals surface area (Å²) in [4.78, 5) is 4.41. The van der Waals surface area contributed by atoms with Crippen molar-refractivity contribution in [1.82, 2.24) is 4.98 Å². The van der Waals surface area contributed by atoms with Crippen LogP contribution >= 0.6 is 0 Å². The molecule has 0 bridgehead atoms. The first-order chi connectivity index (χ1) is 16.9. The van der Waals surface area contributed by atoms with Crippen molar-refractivity contribution in [3.05, 3.63) is 96.8 Å². The Hall–Kier alpha value is -4.14. The van der Waals surface area contributed by atoms with Crippen molar-refractivity contribution in [3.63, 3.8) is 0 Å². The van der Waals surface area contributed by atoms with Gasteiger partial charge in [0.2, 0.25) is 0 Å². The molecular formula is C27H22N4O3S. The van der Waals surface area contributed by atoms with Gasteiger partial charge in [0.25, 0.3) is 10.1 Å². The number of anilines is 1. The summed E-state index contributed by atoms with van der Waals surface area (Å²) in [7, 11) is -4.49. The average Bonchev–Trinajstić information content (AvgIpc) is 2.88. The second kappa shape index (κ2) is 9.25. The molecule has 1 aromatic heterocycles. The number of fused-ring (bicyclic) bond motifs is 1. The SMILES string of the molecule is Nc1c(/N=N/c2cnc(C3=CCCC=C3)c(-c3ccccc3)c2)cc(S(=O)(=O)O)c2ccccc12. The van der Waals surface area contributed by atoms with Crippen molar-refractivity contribution in [3.8, 4) is 11.1 Å². The highest BCUT2D eigenvalue weighted by Gasteiger charge is 2.18. The van der Waals surface area contributed by atoms with E-state index >= 15 is 0 Å². The van der Waals surface area contributed by atoms with E-state index in [4.69, 9.17) is 5.73 Å². The topological polar surface area (TPSA) is 118 Å². The number of hydrogen-bond donors (Lipinski definition) is 2. The van der Waals surface area contributed by atoms with Crippen LogP contribution in [0.3, 0.4) is 0 Å². The number of benzene rings is 3. The summed E-state index contributed by atoms with van der Waals surface area (Å²) in [6.45, 7) is 0. The van der Waals surface area contributed by atoms with Crippen LogP contribution in [0.1, 0.15) is 18.5 Å². The molecule has 0 aliphatic heterocycles. The monoisotopic (exact) mass is 482 g/mol. The molecule has 0 atom stereocenters. The first-order valence-electron chi connectivity index (χ1n) is 11.0. The fourth-order valence-electron chi connectivity index (χ4n) is 4.12. The molecule has 3 N–H and O–H groups in total. The molecule has 4 aromatic rings. The molecule has 8 heteroatoms. The Labute approximate surface area is 203 Å². The Morgan fingerprint density at radius 2 is 1.66 bits per heavy atom. The number of hydrogen-bond acceptors (Lipinski definition) is 6. The molecule has 0 fully saturated rings. The summed E-state index contributed by atoms with van der Waals surface area (Å²) in [5.41, 5.74) is 11.0. The van der Waals surface area contributed by atoms with Crippen LogP contribution in [0.2, 0.25) is 0 Å². The van der Waals surface area contributed by atoms with E-state index in [0.29, 0.717) is 16.5 Å². The fourth-order valence-corrected chi connectivity index (χ4v) is 4.84. The van der Waals surface area contributed by atoms with E-state index in [1.54, 1.807) is 30.5 Å². The van der Waals surface area contributed by atoms with Crippen molar-refractivity contribution in [2.24, 2.45) is 10.2 Å². The molecule has 1 aliphatic carbocycles. The molecule has 174 valence electrons. The summed E-state index contributed by atoms with van der Waals surface area (Å²) >= 11 is 0. The standard InChI is InChI=1S/C27H22N4O3S/c28-26-22-14-8-7-13-21(22)25(35(32,33)34)16-24(26)31-30-20-15-23(18-9-3-1-4-10-18)27(29-17-20)19-11-5-2-6-12-19/h1,3-5,7-17H,2,6,28H2,(H,32,33,34)/b31-30+. The van der Waals surface area contributed by atoms with Crippen molar-refractivity contribution in [1.29, 1.82) is 0 Å². The predicted octanol–water partition coefficient (Wildman–Crippen LogP) is 6.88. The number of aromatic nitrogens is 1. The second-order valence-corrected chi connectivity index (χ2v) is 9.51. The maximum Gasteiger partial charge on any atom is 0.295 e. The highest BCUT2D eigenvalue weighted by Crippen LogP contribution is 2.38. The largest absolute Gasteiger partial charge is 0.396 e. The number of nitrogens with two attached hydrogens (primary N) is 1. The first kappa shape index (κ1) is 22.6. The van der Waals surface area contributed by atoms with Crippen LogP contribution < -0.4 is 5.73 Å². The number of rotatable bonds is 5. The van der Waals surface area contributed by atoms with E-state index in [1.165, 1.54) is 6.07 Å². The van der Waals surface area contributed by atoms with Gasteiger partial charge in [-0.2, -0.15) is 8.42 Å². The molecule has 0 spiro atoms.